The first-order chi connectivity index (χ1) is 13.4. The average molecular weight is 416 g/mol. The summed E-state index contributed by atoms with van der Waals surface area (Å²) in [4.78, 5) is 22.9. The van der Waals surface area contributed by atoms with Crippen molar-refractivity contribution in [2.45, 2.75) is 23.4 Å². The molecule has 0 spiro atoms. The molecular weight excluding hydrogens is 398 g/mol. The van der Waals surface area contributed by atoms with Gasteiger partial charge in [-0.15, -0.1) is 10.2 Å². The van der Waals surface area contributed by atoms with E-state index in [0.29, 0.717) is 9.47 Å². The number of aryl methyl sites for hydroxylation is 1. The van der Waals surface area contributed by atoms with E-state index in [-0.39, 0.29) is 17.3 Å². The Morgan fingerprint density at radius 2 is 1.89 bits per heavy atom. The standard InChI is InChI=1S/C18H17N5O3S2/c1-11-7-9-13(10-8-11)19-17-21-22-18(28-17)27-12(2)16(24)20-14-5-3-4-6-15(14)23(25)26/h3-10,12H,1-2H3,(H,19,21)(H,20,24). The summed E-state index contributed by atoms with van der Waals surface area (Å²) in [5, 5.41) is 25.1. The fourth-order valence-corrected chi connectivity index (χ4v) is 4.16. The van der Waals surface area contributed by atoms with Crippen LogP contribution in [0.3, 0.4) is 0 Å². The number of aromatic nitrogens is 2. The first kappa shape index (κ1) is 19.8. The molecule has 1 atom stereocenters. The van der Waals surface area contributed by atoms with Gasteiger partial charge in [-0.05, 0) is 32.0 Å². The summed E-state index contributed by atoms with van der Waals surface area (Å²) in [5.41, 5.74) is 2.09. The van der Waals surface area contributed by atoms with Crippen molar-refractivity contribution in [3.8, 4) is 0 Å². The van der Waals surface area contributed by atoms with Crippen molar-refractivity contribution in [1.29, 1.82) is 0 Å². The smallest absolute Gasteiger partial charge is 0.292 e. The molecule has 0 aliphatic carbocycles. The Labute approximate surface area is 169 Å². The number of carbonyl (C=O) groups excluding carboxylic acids is 1. The molecule has 8 nitrogen and oxygen atoms in total. The molecule has 1 amide bonds. The summed E-state index contributed by atoms with van der Waals surface area (Å²) in [6.45, 7) is 3.73. The minimum absolute atomic E-state index is 0.145. The number of nitro benzene ring substituents is 1. The van der Waals surface area contributed by atoms with Crippen LogP contribution in [-0.4, -0.2) is 26.3 Å². The van der Waals surface area contributed by atoms with E-state index in [9.17, 15) is 14.9 Å². The SMILES string of the molecule is Cc1ccc(Nc2nnc(SC(C)C(=O)Nc3ccccc3[N+](=O)[O-])s2)cc1. The highest BCUT2D eigenvalue weighted by Gasteiger charge is 2.21. The molecule has 28 heavy (non-hydrogen) atoms. The lowest BCUT2D eigenvalue weighted by molar-refractivity contribution is -0.383. The lowest BCUT2D eigenvalue weighted by Gasteiger charge is -2.10. The summed E-state index contributed by atoms with van der Waals surface area (Å²) in [6.07, 6.45) is 0. The molecule has 10 heteroatoms. The quantitative estimate of drug-likeness (QED) is 0.329. The van der Waals surface area contributed by atoms with Gasteiger partial charge in [-0.2, -0.15) is 0 Å². The minimum Gasteiger partial charge on any atom is -0.330 e. The summed E-state index contributed by atoms with van der Waals surface area (Å²) < 4.78 is 0.625. The highest BCUT2D eigenvalue weighted by atomic mass is 32.2. The van der Waals surface area contributed by atoms with Crippen molar-refractivity contribution < 1.29 is 9.72 Å². The first-order valence-corrected chi connectivity index (χ1v) is 10.00. The van der Waals surface area contributed by atoms with Crippen molar-refractivity contribution in [2.75, 3.05) is 10.6 Å². The van der Waals surface area contributed by atoms with Crippen LogP contribution in [0, 0.1) is 17.0 Å². The molecule has 3 aromatic rings. The average Bonchev–Trinajstić information content (AvgIpc) is 3.10. The van der Waals surface area contributed by atoms with Gasteiger partial charge in [0.2, 0.25) is 11.0 Å². The molecule has 0 bridgehead atoms. The summed E-state index contributed by atoms with van der Waals surface area (Å²) in [6, 6.07) is 13.9. The number of nitrogens with zero attached hydrogens (tertiary/aromatic N) is 3. The van der Waals surface area contributed by atoms with Gasteiger partial charge >= 0.3 is 0 Å². The molecule has 1 aromatic heterocycles. The largest absolute Gasteiger partial charge is 0.330 e. The van der Waals surface area contributed by atoms with Crippen LogP contribution < -0.4 is 10.6 Å². The number of nitro groups is 1. The highest BCUT2D eigenvalue weighted by molar-refractivity contribution is 8.02. The fourth-order valence-electron chi connectivity index (χ4n) is 2.25. The number of hydrogen-bond donors (Lipinski definition) is 2. The number of para-hydroxylation sites is 2. The fraction of sp³-hybridized carbons (Fsp3) is 0.167. The summed E-state index contributed by atoms with van der Waals surface area (Å²) in [7, 11) is 0. The topological polar surface area (TPSA) is 110 Å². The van der Waals surface area contributed by atoms with Gasteiger partial charge < -0.3 is 10.6 Å². The van der Waals surface area contributed by atoms with Gasteiger partial charge in [0.15, 0.2) is 4.34 Å². The molecule has 0 saturated heterocycles. The number of rotatable bonds is 7. The van der Waals surface area contributed by atoms with Crippen LogP contribution in [0.4, 0.5) is 22.2 Å². The summed E-state index contributed by atoms with van der Waals surface area (Å²) in [5.74, 6) is -0.345. The van der Waals surface area contributed by atoms with E-state index in [1.165, 1.54) is 35.2 Å². The van der Waals surface area contributed by atoms with Gasteiger partial charge in [0.1, 0.15) is 5.69 Å². The van der Waals surface area contributed by atoms with Gasteiger partial charge in [-0.25, -0.2) is 0 Å². The summed E-state index contributed by atoms with van der Waals surface area (Å²) >= 11 is 2.58. The Morgan fingerprint density at radius 3 is 2.61 bits per heavy atom. The Morgan fingerprint density at radius 1 is 1.18 bits per heavy atom. The van der Waals surface area contributed by atoms with Crippen molar-refractivity contribution >= 4 is 51.2 Å². The molecule has 0 radical (unpaired) electrons. The third-order valence-electron chi connectivity index (χ3n) is 3.71. The molecule has 1 unspecified atom stereocenters. The number of carbonyl (C=O) groups is 1. The number of benzene rings is 2. The molecule has 0 saturated carbocycles. The van der Waals surface area contributed by atoms with Crippen molar-refractivity contribution in [3.63, 3.8) is 0 Å². The van der Waals surface area contributed by atoms with Crippen LogP contribution in [0.2, 0.25) is 0 Å². The highest BCUT2D eigenvalue weighted by Crippen LogP contribution is 2.31. The molecular formula is C18H17N5O3S2. The van der Waals surface area contributed by atoms with E-state index in [2.05, 4.69) is 20.8 Å². The van der Waals surface area contributed by atoms with E-state index in [0.717, 1.165) is 11.3 Å². The third kappa shape index (κ3) is 5.05. The zero-order chi connectivity index (χ0) is 20.1. The van der Waals surface area contributed by atoms with Crippen LogP contribution in [0.5, 0.6) is 0 Å². The Bertz CT molecular complexity index is 991. The van der Waals surface area contributed by atoms with Crippen LogP contribution in [0.25, 0.3) is 0 Å². The zero-order valence-corrected chi connectivity index (χ0v) is 16.7. The minimum atomic E-state index is -0.527. The van der Waals surface area contributed by atoms with Gasteiger partial charge in [0.25, 0.3) is 5.69 Å². The third-order valence-corrected chi connectivity index (χ3v) is 5.74. The maximum Gasteiger partial charge on any atom is 0.292 e. The second-order valence-corrected chi connectivity index (χ2v) is 8.45. The maximum atomic E-state index is 12.4. The van der Waals surface area contributed by atoms with Crippen LogP contribution in [0.15, 0.2) is 52.9 Å². The zero-order valence-electron chi connectivity index (χ0n) is 15.1. The number of thioether (sulfide) groups is 1. The second kappa shape index (κ2) is 8.81. The lowest BCUT2D eigenvalue weighted by Crippen LogP contribution is -2.22. The van der Waals surface area contributed by atoms with E-state index >= 15 is 0 Å². The van der Waals surface area contributed by atoms with E-state index in [1.807, 2.05) is 31.2 Å². The van der Waals surface area contributed by atoms with Crippen molar-refractivity contribution in [2.24, 2.45) is 0 Å². The molecule has 0 fully saturated rings. The van der Waals surface area contributed by atoms with E-state index < -0.39 is 10.2 Å². The lowest BCUT2D eigenvalue weighted by atomic mass is 10.2. The van der Waals surface area contributed by atoms with Gasteiger partial charge in [0, 0.05) is 11.8 Å². The van der Waals surface area contributed by atoms with Gasteiger partial charge in [0.05, 0.1) is 10.2 Å². The maximum absolute atomic E-state index is 12.4. The molecule has 2 aromatic carbocycles. The Hall–Kier alpha value is -2.98. The Kier molecular flexibility index (Phi) is 6.22. The predicted molar refractivity (Wildman–Crippen MR) is 111 cm³/mol. The van der Waals surface area contributed by atoms with Crippen molar-refractivity contribution in [3.05, 3.63) is 64.2 Å². The molecule has 1 heterocycles. The molecule has 3 rings (SSSR count). The number of amides is 1. The molecule has 2 N–H and O–H groups in total. The molecule has 0 aliphatic heterocycles. The molecule has 144 valence electrons. The van der Waals surface area contributed by atoms with E-state index in [4.69, 9.17) is 0 Å². The van der Waals surface area contributed by atoms with Crippen LogP contribution >= 0.6 is 23.1 Å². The monoisotopic (exact) mass is 415 g/mol. The second-order valence-electron chi connectivity index (χ2n) is 5.89. The van der Waals surface area contributed by atoms with Crippen molar-refractivity contribution in [1.82, 2.24) is 10.2 Å². The normalized spacial score (nSPS) is 11.6. The molecule has 0 aliphatic rings. The first-order valence-electron chi connectivity index (χ1n) is 8.30. The number of hydrogen-bond acceptors (Lipinski definition) is 8. The van der Waals surface area contributed by atoms with E-state index in [1.54, 1.807) is 19.1 Å². The van der Waals surface area contributed by atoms with Crippen LogP contribution in [-0.2, 0) is 4.79 Å². The number of anilines is 3. The predicted octanol–water partition coefficient (Wildman–Crippen LogP) is 4.62. The van der Waals surface area contributed by atoms with Crippen LogP contribution in [0.1, 0.15) is 12.5 Å². The van der Waals surface area contributed by atoms with Gasteiger partial charge in [-0.3, -0.25) is 14.9 Å². The van der Waals surface area contributed by atoms with Gasteiger partial charge in [-0.1, -0.05) is 52.9 Å². The Balaban J connectivity index is 1.61. The number of nitrogens with one attached hydrogen (secondary N) is 2.